The number of Topliss-reactive ketones (excluding diaryl/α,β-unsaturated/α-hetero) is 1. The van der Waals surface area contributed by atoms with Gasteiger partial charge in [-0.2, -0.15) is 4.98 Å². The lowest BCUT2D eigenvalue weighted by atomic mass is 9.83. The minimum Gasteiger partial charge on any atom is -0.348 e. The molecule has 4 rings (SSSR count). The zero-order valence-corrected chi connectivity index (χ0v) is 19.9. The predicted octanol–water partition coefficient (Wildman–Crippen LogP) is 4.04. The largest absolute Gasteiger partial charge is 0.348 e. The number of carbonyl (C=O) groups is 2. The second-order valence-corrected chi connectivity index (χ2v) is 10.6. The van der Waals surface area contributed by atoms with E-state index in [-0.39, 0.29) is 29.1 Å². The van der Waals surface area contributed by atoms with Crippen molar-refractivity contribution in [2.24, 2.45) is 11.3 Å². The molecule has 3 aromatic rings. The van der Waals surface area contributed by atoms with Crippen LogP contribution in [0, 0.1) is 18.3 Å². The summed E-state index contributed by atoms with van der Waals surface area (Å²) >= 11 is 1.42. The van der Waals surface area contributed by atoms with Crippen molar-refractivity contribution in [3.8, 4) is 0 Å². The molecule has 0 spiro atoms. The zero-order valence-electron chi connectivity index (χ0n) is 19.0. The third-order valence-electron chi connectivity index (χ3n) is 5.65. The summed E-state index contributed by atoms with van der Waals surface area (Å²) in [6, 6.07) is 3.77. The fourth-order valence-corrected chi connectivity index (χ4v) is 4.47. The van der Waals surface area contributed by atoms with Crippen LogP contribution in [0.5, 0.6) is 0 Å². The number of aromatic nitrogens is 4. The molecule has 0 aromatic carbocycles. The number of ketones is 1. The highest BCUT2D eigenvalue weighted by atomic mass is 32.1. The number of hydrogen-bond acceptors (Lipinski definition) is 8. The standard InChI is InChI=1S/C23H28N6O2S/c1-13(16-7-6-8-24-10-16)25-22-27-18(19-20(28-22)26-14(2)32-19)21(31)29-11-15(12-29)9-17(30)23(3,4)5/h6-8,10,13,15H,9,11-12H2,1-5H3,(H,25,27,28)/t13-/m0/s1. The van der Waals surface area contributed by atoms with E-state index in [1.807, 2.05) is 46.8 Å². The summed E-state index contributed by atoms with van der Waals surface area (Å²) in [6.45, 7) is 10.8. The first kappa shape index (κ1) is 22.3. The summed E-state index contributed by atoms with van der Waals surface area (Å²) in [7, 11) is 0. The van der Waals surface area contributed by atoms with Crippen molar-refractivity contribution in [1.82, 2.24) is 24.8 Å². The van der Waals surface area contributed by atoms with Crippen molar-refractivity contribution >= 4 is 39.3 Å². The second kappa shape index (κ2) is 8.54. The smallest absolute Gasteiger partial charge is 0.274 e. The van der Waals surface area contributed by atoms with Crippen molar-refractivity contribution in [3.63, 3.8) is 0 Å². The Kier molecular flexibility index (Phi) is 5.94. The number of nitrogens with zero attached hydrogens (tertiary/aromatic N) is 5. The van der Waals surface area contributed by atoms with Gasteiger partial charge in [0.2, 0.25) is 5.95 Å². The predicted molar refractivity (Wildman–Crippen MR) is 125 cm³/mol. The summed E-state index contributed by atoms with van der Waals surface area (Å²) in [5.74, 6) is 0.655. The van der Waals surface area contributed by atoms with Crippen LogP contribution in [-0.4, -0.2) is 49.6 Å². The van der Waals surface area contributed by atoms with Crippen LogP contribution in [0.3, 0.4) is 0 Å². The number of rotatable bonds is 6. The molecule has 9 heteroatoms. The van der Waals surface area contributed by atoms with E-state index in [4.69, 9.17) is 0 Å². The molecule has 0 saturated carbocycles. The number of carbonyl (C=O) groups excluding carboxylic acids is 2. The molecule has 1 aliphatic heterocycles. The number of likely N-dealkylation sites (tertiary alicyclic amines) is 1. The van der Waals surface area contributed by atoms with Crippen LogP contribution in [0.25, 0.3) is 10.3 Å². The highest BCUT2D eigenvalue weighted by Gasteiger charge is 2.36. The monoisotopic (exact) mass is 452 g/mol. The van der Waals surface area contributed by atoms with Gasteiger partial charge < -0.3 is 10.2 Å². The van der Waals surface area contributed by atoms with Crippen molar-refractivity contribution < 1.29 is 9.59 Å². The fourth-order valence-electron chi connectivity index (χ4n) is 3.63. The maximum absolute atomic E-state index is 13.3. The molecule has 0 unspecified atom stereocenters. The van der Waals surface area contributed by atoms with Crippen molar-refractivity contribution in [2.45, 2.75) is 47.1 Å². The number of nitrogens with one attached hydrogen (secondary N) is 1. The molecular formula is C23H28N6O2S. The van der Waals surface area contributed by atoms with Crippen LogP contribution in [0.1, 0.15) is 61.2 Å². The minimum atomic E-state index is -0.352. The third-order valence-corrected chi connectivity index (χ3v) is 6.62. The van der Waals surface area contributed by atoms with Crippen LogP contribution >= 0.6 is 11.3 Å². The fraction of sp³-hybridized carbons (Fsp3) is 0.478. The Morgan fingerprint density at radius 2 is 2.00 bits per heavy atom. The number of hydrogen-bond donors (Lipinski definition) is 1. The first-order chi connectivity index (χ1) is 15.1. The van der Waals surface area contributed by atoms with Crippen LogP contribution in [0.4, 0.5) is 5.95 Å². The van der Waals surface area contributed by atoms with Crippen molar-refractivity contribution in [3.05, 3.63) is 40.8 Å². The Morgan fingerprint density at radius 1 is 1.25 bits per heavy atom. The van der Waals surface area contributed by atoms with E-state index in [0.717, 1.165) is 10.6 Å². The quantitative estimate of drug-likeness (QED) is 0.602. The van der Waals surface area contributed by atoms with E-state index >= 15 is 0 Å². The van der Waals surface area contributed by atoms with E-state index in [2.05, 4.69) is 25.3 Å². The summed E-state index contributed by atoms with van der Waals surface area (Å²) in [6.07, 6.45) is 4.01. The lowest BCUT2D eigenvalue weighted by Crippen LogP contribution is -2.51. The Bertz CT molecular complexity index is 1150. The van der Waals surface area contributed by atoms with Gasteiger partial charge in [0.1, 0.15) is 10.5 Å². The highest BCUT2D eigenvalue weighted by molar-refractivity contribution is 7.18. The zero-order chi connectivity index (χ0) is 23.0. The Labute approximate surface area is 191 Å². The molecule has 1 atom stereocenters. The summed E-state index contributed by atoms with van der Waals surface area (Å²) in [5.41, 5.74) is 1.52. The maximum atomic E-state index is 13.3. The molecule has 8 nitrogen and oxygen atoms in total. The topological polar surface area (TPSA) is 101 Å². The molecule has 0 aliphatic carbocycles. The van der Waals surface area contributed by atoms with Gasteiger partial charge in [0.25, 0.3) is 5.91 Å². The number of anilines is 1. The SMILES string of the molecule is Cc1nc2nc(N[C@@H](C)c3cccnc3)nc(C(=O)N3CC(CC(=O)C(C)(C)C)C3)c2s1. The molecule has 168 valence electrons. The number of fused-ring (bicyclic) bond motifs is 1. The number of pyridine rings is 1. The van der Waals surface area contributed by atoms with E-state index in [0.29, 0.717) is 41.5 Å². The van der Waals surface area contributed by atoms with Gasteiger partial charge in [0.15, 0.2) is 11.3 Å². The molecule has 0 bridgehead atoms. The molecule has 1 aliphatic rings. The van der Waals surface area contributed by atoms with Gasteiger partial charge in [0, 0.05) is 43.2 Å². The number of aryl methyl sites for hydroxylation is 1. The van der Waals surface area contributed by atoms with Gasteiger partial charge in [-0.15, -0.1) is 11.3 Å². The van der Waals surface area contributed by atoms with Crippen LogP contribution in [0.15, 0.2) is 24.5 Å². The number of amides is 1. The molecule has 4 heterocycles. The van der Waals surface area contributed by atoms with Gasteiger partial charge in [-0.3, -0.25) is 14.6 Å². The Balaban J connectivity index is 1.53. The molecule has 32 heavy (non-hydrogen) atoms. The summed E-state index contributed by atoms with van der Waals surface area (Å²) < 4.78 is 0.696. The van der Waals surface area contributed by atoms with E-state index in [9.17, 15) is 9.59 Å². The molecule has 1 N–H and O–H groups in total. The van der Waals surface area contributed by atoms with E-state index < -0.39 is 0 Å². The Hall–Kier alpha value is -2.94. The minimum absolute atomic E-state index is 0.0827. The van der Waals surface area contributed by atoms with Gasteiger partial charge in [-0.1, -0.05) is 26.8 Å². The molecule has 1 saturated heterocycles. The summed E-state index contributed by atoms with van der Waals surface area (Å²) in [5, 5.41) is 4.10. The Morgan fingerprint density at radius 3 is 2.66 bits per heavy atom. The second-order valence-electron chi connectivity index (χ2n) is 9.39. The lowest BCUT2D eigenvalue weighted by molar-refractivity contribution is -0.128. The van der Waals surface area contributed by atoms with Gasteiger partial charge >= 0.3 is 0 Å². The molecule has 1 fully saturated rings. The maximum Gasteiger partial charge on any atom is 0.274 e. The van der Waals surface area contributed by atoms with E-state index in [1.54, 1.807) is 17.3 Å². The molecule has 0 radical (unpaired) electrons. The van der Waals surface area contributed by atoms with Gasteiger partial charge in [-0.05, 0) is 25.5 Å². The van der Waals surface area contributed by atoms with Crippen LogP contribution in [-0.2, 0) is 4.79 Å². The third kappa shape index (κ3) is 4.62. The van der Waals surface area contributed by atoms with Crippen LogP contribution in [0.2, 0.25) is 0 Å². The van der Waals surface area contributed by atoms with Gasteiger partial charge in [-0.25, -0.2) is 9.97 Å². The molecule has 1 amide bonds. The normalized spacial score (nSPS) is 15.5. The van der Waals surface area contributed by atoms with E-state index in [1.165, 1.54) is 11.3 Å². The molecular weight excluding hydrogens is 424 g/mol. The lowest BCUT2D eigenvalue weighted by Gasteiger charge is -2.39. The average molecular weight is 453 g/mol. The first-order valence-corrected chi connectivity index (χ1v) is 11.6. The summed E-state index contributed by atoms with van der Waals surface area (Å²) in [4.78, 5) is 45.1. The van der Waals surface area contributed by atoms with Crippen LogP contribution < -0.4 is 5.32 Å². The molecule has 3 aromatic heterocycles. The first-order valence-electron chi connectivity index (χ1n) is 10.8. The number of thiazole rings is 1. The average Bonchev–Trinajstić information content (AvgIpc) is 3.09. The highest BCUT2D eigenvalue weighted by Crippen LogP contribution is 2.30. The van der Waals surface area contributed by atoms with Crippen molar-refractivity contribution in [1.29, 1.82) is 0 Å². The van der Waals surface area contributed by atoms with Crippen molar-refractivity contribution in [2.75, 3.05) is 18.4 Å². The van der Waals surface area contributed by atoms with Gasteiger partial charge in [0.05, 0.1) is 11.0 Å².